The third-order valence-electron chi connectivity index (χ3n) is 21.5. The fourth-order valence-electron chi connectivity index (χ4n) is 14.6. The summed E-state index contributed by atoms with van der Waals surface area (Å²) in [7, 11) is 0. The molecule has 5 aromatic carbocycles. The van der Waals surface area contributed by atoms with Crippen LogP contribution in [0.15, 0.2) is 141 Å². The summed E-state index contributed by atoms with van der Waals surface area (Å²) in [5, 5.41) is 0. The number of hydrogen-bond donors (Lipinski definition) is 0. The van der Waals surface area contributed by atoms with Gasteiger partial charge in [-0.1, -0.05) is 120 Å². The molecule has 0 heterocycles. The number of rotatable bonds is 33. The van der Waals surface area contributed by atoms with Gasteiger partial charge in [-0.15, -0.1) is 0 Å². The Balaban J connectivity index is 0.763. The minimum atomic E-state index is -0.981. The lowest BCUT2D eigenvalue weighted by molar-refractivity contribution is -0.152. The van der Waals surface area contributed by atoms with Crippen LogP contribution in [0.1, 0.15) is 273 Å². The first-order valence-electron chi connectivity index (χ1n) is 40.5. The predicted molar refractivity (Wildman–Crippen MR) is 425 cm³/mol. The van der Waals surface area contributed by atoms with Gasteiger partial charge in [0, 0.05) is 45.5 Å². The van der Waals surface area contributed by atoms with E-state index in [-0.39, 0.29) is 47.5 Å². The molecule has 0 N–H and O–H groups in total. The normalized spacial score (nSPS) is 19.7. The van der Waals surface area contributed by atoms with Crippen LogP contribution in [-0.4, -0.2) is 85.9 Å². The van der Waals surface area contributed by atoms with Crippen molar-refractivity contribution in [2.75, 3.05) is 26.4 Å². The molecular formula is C95H108O16. The molecule has 4 aliphatic rings. The van der Waals surface area contributed by atoms with Crippen molar-refractivity contribution >= 4 is 47.8 Å². The Bertz CT molecular complexity index is 4180. The number of esters is 8. The summed E-state index contributed by atoms with van der Waals surface area (Å²) < 4.78 is 45.4. The van der Waals surface area contributed by atoms with Gasteiger partial charge in [-0.25, -0.2) is 19.2 Å². The summed E-state index contributed by atoms with van der Waals surface area (Å²) in [4.78, 5) is 103. The van der Waals surface area contributed by atoms with Crippen LogP contribution < -0.4 is 9.47 Å². The maximum atomic E-state index is 13.9. The Morgan fingerprint density at radius 2 is 0.775 bits per heavy atom. The average molecular weight is 1510 g/mol. The van der Waals surface area contributed by atoms with E-state index < -0.39 is 41.4 Å². The number of ether oxygens (including phenoxy) is 8. The van der Waals surface area contributed by atoms with Crippen LogP contribution in [0.5, 0.6) is 11.5 Å². The zero-order valence-corrected chi connectivity index (χ0v) is 64.9. The van der Waals surface area contributed by atoms with Gasteiger partial charge in [-0.05, 0) is 281 Å². The van der Waals surface area contributed by atoms with Crippen molar-refractivity contribution in [2.24, 2.45) is 35.5 Å². The maximum Gasteiger partial charge on any atom is 0.339 e. The summed E-state index contributed by atoms with van der Waals surface area (Å²) in [5.41, 5.74) is 4.72. The van der Waals surface area contributed by atoms with Crippen LogP contribution in [-0.2, 0) is 57.2 Å². The minimum Gasteiger partial charge on any atom is -0.465 e. The highest BCUT2D eigenvalue weighted by atomic mass is 16.6. The molecule has 584 valence electrons. The molecule has 0 saturated heterocycles. The second kappa shape index (κ2) is 45.7. The third kappa shape index (κ3) is 28.8. The first-order chi connectivity index (χ1) is 54.1. The highest BCUT2D eigenvalue weighted by molar-refractivity contribution is 5.91. The molecule has 4 fully saturated rings. The number of carbonyl (C=O) groups is 8. The fourth-order valence-corrected chi connectivity index (χ4v) is 14.6. The molecule has 0 spiro atoms. The number of hydrogen-bond acceptors (Lipinski definition) is 16. The van der Waals surface area contributed by atoms with Crippen molar-refractivity contribution in [2.45, 2.75) is 225 Å². The first-order valence-corrected chi connectivity index (χ1v) is 40.5. The highest BCUT2D eigenvalue weighted by Crippen LogP contribution is 2.39. The van der Waals surface area contributed by atoms with Gasteiger partial charge in [0.05, 0.1) is 66.8 Å². The number of unbranched alkanes of at least 4 members (excludes halogenated alkanes) is 9. The first kappa shape index (κ1) is 84.6. The van der Waals surface area contributed by atoms with Crippen LogP contribution >= 0.6 is 0 Å². The molecule has 16 heteroatoms. The Hall–Kier alpha value is -10.4. The van der Waals surface area contributed by atoms with Crippen LogP contribution in [0, 0.1) is 82.9 Å². The Labute approximate surface area is 656 Å². The molecule has 111 heavy (non-hydrogen) atoms. The second-order valence-electron chi connectivity index (χ2n) is 29.8. The molecular weight excluding hydrogens is 1400 g/mol. The van der Waals surface area contributed by atoms with Crippen LogP contribution in [0.4, 0.5) is 0 Å². The molecule has 9 rings (SSSR count). The predicted octanol–water partition coefficient (Wildman–Crippen LogP) is 18.6. The number of carbonyl (C=O) groups excluding carboxylic acids is 8. The maximum absolute atomic E-state index is 13.9. The van der Waals surface area contributed by atoms with Crippen molar-refractivity contribution in [3.63, 3.8) is 0 Å². The molecule has 0 radical (unpaired) electrons. The molecule has 0 aromatic heterocycles. The van der Waals surface area contributed by atoms with E-state index in [1.807, 2.05) is 72.8 Å². The summed E-state index contributed by atoms with van der Waals surface area (Å²) in [6.45, 7) is 12.4. The van der Waals surface area contributed by atoms with Gasteiger partial charge >= 0.3 is 47.8 Å². The van der Waals surface area contributed by atoms with Crippen LogP contribution in [0.2, 0.25) is 0 Å². The third-order valence-corrected chi connectivity index (χ3v) is 21.5. The monoisotopic (exact) mass is 1500 g/mol. The summed E-state index contributed by atoms with van der Waals surface area (Å²) in [6, 6.07) is 34.3. The largest absolute Gasteiger partial charge is 0.465 e. The van der Waals surface area contributed by atoms with Gasteiger partial charge in [-0.3, -0.25) is 19.2 Å². The summed E-state index contributed by atoms with van der Waals surface area (Å²) in [5.74, 6) is 23.5. The smallest absolute Gasteiger partial charge is 0.339 e. The molecule has 16 nitrogen and oxygen atoms in total. The molecule has 4 aliphatic carbocycles. The molecule has 0 atom stereocenters. The van der Waals surface area contributed by atoms with E-state index in [4.69, 9.17) is 37.9 Å². The number of benzene rings is 5. The van der Waals surface area contributed by atoms with Crippen LogP contribution in [0.25, 0.3) is 0 Å². The Kier molecular flexibility index (Phi) is 34.8. The van der Waals surface area contributed by atoms with E-state index in [1.165, 1.54) is 38.5 Å². The standard InChI is InChI=1S/C95H108O16/c1-5-9-14-20-69-39-53-84(54-40-69)109-93(102)83-52-57-86(110-92(101)80-48-44-78(45-49-80)89(98)106-66-17-12-11-16-64-104-87(96)7-3)82(68-83)41-38-75-32-30-73(31-33-75)27-26-71-22-24-72(25-23-71)28-29-74-34-36-76(37-35-74)60-63-95(61-58-70(59-62-95)21-15-10-6-2)111-94(103)81-50-55-85(56-51-81)108-91(100)79-46-42-77(43-47-79)90(99)107-67-19-13-18-65-105-88(97)8-4/h7-8,22-25,30-37,50-52,55-57,68-70,77-80,84H,3-6,9-21,39-40,42-49,53-54,58-59,61-62,64-67H2,1-2H3. The lowest BCUT2D eigenvalue weighted by atomic mass is 9.77. The molecule has 0 unspecified atom stereocenters. The minimum absolute atomic E-state index is 0.158. The van der Waals surface area contributed by atoms with Gasteiger partial charge in [0.25, 0.3) is 0 Å². The van der Waals surface area contributed by atoms with Gasteiger partial charge < -0.3 is 37.9 Å². The van der Waals surface area contributed by atoms with Crippen molar-refractivity contribution < 1.29 is 76.3 Å². The van der Waals surface area contributed by atoms with Gasteiger partial charge in [-0.2, -0.15) is 0 Å². The highest BCUT2D eigenvalue weighted by Gasteiger charge is 2.39. The van der Waals surface area contributed by atoms with Crippen molar-refractivity contribution in [1.29, 1.82) is 0 Å². The lowest BCUT2D eigenvalue weighted by Crippen LogP contribution is -2.38. The molecule has 5 aromatic rings. The van der Waals surface area contributed by atoms with Gasteiger partial charge in [0.2, 0.25) is 0 Å². The summed E-state index contributed by atoms with van der Waals surface area (Å²) in [6.07, 6.45) is 27.7. The fraction of sp³-hybridized carbons (Fsp3) is 0.474. The van der Waals surface area contributed by atoms with E-state index in [2.05, 4.69) is 74.4 Å². The van der Waals surface area contributed by atoms with Gasteiger partial charge in [0.1, 0.15) is 17.6 Å². The van der Waals surface area contributed by atoms with Crippen LogP contribution in [0.3, 0.4) is 0 Å². The Morgan fingerprint density at radius 3 is 1.22 bits per heavy atom. The topological polar surface area (TPSA) is 210 Å². The average Bonchev–Trinajstić information content (AvgIpc) is 0.814. The zero-order chi connectivity index (χ0) is 78.4. The van der Waals surface area contributed by atoms with Crippen molar-refractivity contribution in [3.05, 3.63) is 191 Å². The molecule has 0 aliphatic heterocycles. The zero-order valence-electron chi connectivity index (χ0n) is 64.9. The molecule has 0 amide bonds. The lowest BCUT2D eigenvalue weighted by Gasteiger charge is -2.36. The van der Waals surface area contributed by atoms with E-state index >= 15 is 0 Å². The Morgan fingerprint density at radius 1 is 0.387 bits per heavy atom. The van der Waals surface area contributed by atoms with Crippen molar-refractivity contribution in [1.82, 2.24) is 0 Å². The van der Waals surface area contributed by atoms with E-state index in [0.717, 1.165) is 117 Å². The molecule has 0 bridgehead atoms. The van der Waals surface area contributed by atoms with Gasteiger partial charge in [0.15, 0.2) is 5.60 Å². The summed E-state index contributed by atoms with van der Waals surface area (Å²) >= 11 is 0. The second-order valence-corrected chi connectivity index (χ2v) is 29.8. The molecule has 4 saturated carbocycles. The van der Waals surface area contributed by atoms with E-state index in [1.54, 1.807) is 42.5 Å². The van der Waals surface area contributed by atoms with Crippen molar-refractivity contribution in [3.8, 4) is 58.9 Å². The SMILES string of the molecule is C=CC(=O)OCCCCCCOC(=O)C1CCC(C(=O)Oc2ccc(C(=O)OC3CCC(CCCCC)CC3)cc2C#Cc2ccc(C#Cc3ccc(C#Cc4ccc(C#CC5(OC(=O)c6ccc(OC(=O)C7CCC(C(=O)OCCCCCOC(=O)C=C)CC7)cc6)CCC(CCCCC)CC5)cc4)cc3)cc2)CC1. The van der Waals surface area contributed by atoms with E-state index in [0.29, 0.717) is 150 Å². The van der Waals surface area contributed by atoms with E-state index in [9.17, 15) is 38.4 Å². The quantitative estimate of drug-likeness (QED) is 0.00954.